The zero-order chi connectivity index (χ0) is 14.0. The van der Waals surface area contributed by atoms with Crippen LogP contribution in [0.15, 0.2) is 12.7 Å². The summed E-state index contributed by atoms with van der Waals surface area (Å²) in [5, 5.41) is 18.0. The quantitative estimate of drug-likeness (QED) is 0.345. The van der Waals surface area contributed by atoms with Crippen molar-refractivity contribution in [3.05, 3.63) is 12.7 Å². The topological polar surface area (TPSA) is 93.1 Å². The first-order valence-electron chi connectivity index (χ1n) is 5.64. The van der Waals surface area contributed by atoms with Gasteiger partial charge in [-0.25, -0.2) is 4.79 Å². The Labute approximate surface area is 106 Å². The first kappa shape index (κ1) is 16.6. The molecule has 6 heteroatoms. The van der Waals surface area contributed by atoms with Crippen molar-refractivity contribution < 1.29 is 29.3 Å². The van der Waals surface area contributed by atoms with Crippen molar-refractivity contribution in [3.63, 3.8) is 0 Å². The maximum Gasteiger partial charge on any atom is 0.330 e. The minimum Gasteiger partial charge on any atom is -0.465 e. The number of hydrogen-bond acceptors (Lipinski definition) is 6. The van der Waals surface area contributed by atoms with Crippen LogP contribution in [0.3, 0.4) is 0 Å². The van der Waals surface area contributed by atoms with Gasteiger partial charge in [0.15, 0.2) is 0 Å². The third kappa shape index (κ3) is 7.03. The molecule has 0 aliphatic carbocycles. The highest BCUT2D eigenvalue weighted by molar-refractivity contribution is 5.81. The molecule has 104 valence electrons. The second-order valence-electron chi connectivity index (χ2n) is 4.26. The molecule has 0 aromatic carbocycles. The van der Waals surface area contributed by atoms with Crippen LogP contribution in [0.25, 0.3) is 0 Å². The Morgan fingerprint density at radius 3 is 2.39 bits per heavy atom. The number of esters is 2. The number of carbonyl (C=O) groups is 2. The van der Waals surface area contributed by atoms with Gasteiger partial charge < -0.3 is 19.7 Å². The lowest BCUT2D eigenvalue weighted by atomic mass is 9.94. The molecule has 0 saturated heterocycles. The van der Waals surface area contributed by atoms with Crippen LogP contribution in [-0.4, -0.2) is 48.6 Å². The molecule has 0 bridgehead atoms. The van der Waals surface area contributed by atoms with Crippen LogP contribution in [0.5, 0.6) is 0 Å². The monoisotopic (exact) mass is 260 g/mol. The molecule has 0 fully saturated rings. The number of aliphatic hydroxyl groups is 2. The molecule has 0 aromatic heterocycles. The zero-order valence-corrected chi connectivity index (χ0v) is 10.6. The highest BCUT2D eigenvalue weighted by atomic mass is 16.5. The third-order valence-electron chi connectivity index (χ3n) is 2.28. The van der Waals surface area contributed by atoms with E-state index >= 15 is 0 Å². The van der Waals surface area contributed by atoms with E-state index in [4.69, 9.17) is 14.9 Å². The van der Waals surface area contributed by atoms with Crippen LogP contribution in [-0.2, 0) is 19.1 Å². The van der Waals surface area contributed by atoms with Gasteiger partial charge in [0, 0.05) is 17.9 Å². The highest BCUT2D eigenvalue weighted by Crippen LogP contribution is 2.14. The van der Waals surface area contributed by atoms with Gasteiger partial charge in [-0.2, -0.15) is 0 Å². The molecule has 0 aliphatic heterocycles. The predicted molar refractivity (Wildman–Crippen MR) is 63.6 cm³/mol. The first-order chi connectivity index (χ1) is 8.47. The van der Waals surface area contributed by atoms with E-state index in [0.29, 0.717) is 6.42 Å². The van der Waals surface area contributed by atoms with Crippen molar-refractivity contribution >= 4 is 11.9 Å². The van der Waals surface area contributed by atoms with E-state index in [1.165, 1.54) is 0 Å². The smallest absolute Gasteiger partial charge is 0.330 e. The van der Waals surface area contributed by atoms with E-state index in [0.717, 1.165) is 6.08 Å². The molecule has 0 atom stereocenters. The van der Waals surface area contributed by atoms with Gasteiger partial charge in [0.2, 0.25) is 0 Å². The van der Waals surface area contributed by atoms with E-state index in [-0.39, 0.29) is 32.8 Å². The molecule has 0 aliphatic rings. The van der Waals surface area contributed by atoms with Crippen LogP contribution < -0.4 is 0 Å². The maximum atomic E-state index is 11.3. The van der Waals surface area contributed by atoms with E-state index in [1.54, 1.807) is 6.92 Å². The SMILES string of the molecule is C=CC(=O)OCCCC(=O)OCC(C)(CO)CO. The van der Waals surface area contributed by atoms with Gasteiger partial charge >= 0.3 is 11.9 Å². The number of ether oxygens (including phenoxy) is 2. The lowest BCUT2D eigenvalue weighted by Crippen LogP contribution is -2.32. The van der Waals surface area contributed by atoms with Crippen molar-refractivity contribution in [2.45, 2.75) is 19.8 Å². The molecular formula is C12H20O6. The molecule has 0 aromatic rings. The molecule has 0 radical (unpaired) electrons. The average molecular weight is 260 g/mol. The average Bonchev–Trinajstić information content (AvgIpc) is 2.40. The fraction of sp³-hybridized carbons (Fsp3) is 0.667. The largest absolute Gasteiger partial charge is 0.465 e. The van der Waals surface area contributed by atoms with Gasteiger partial charge in [-0.3, -0.25) is 4.79 Å². The standard InChI is InChI=1S/C12H20O6/c1-3-10(15)17-6-4-5-11(16)18-9-12(2,7-13)8-14/h3,13-14H,1,4-9H2,2H3. The first-order valence-corrected chi connectivity index (χ1v) is 5.64. The molecule has 0 unspecified atom stereocenters. The summed E-state index contributed by atoms with van der Waals surface area (Å²) in [5.41, 5.74) is -0.828. The Morgan fingerprint density at radius 2 is 1.89 bits per heavy atom. The van der Waals surface area contributed by atoms with Crippen LogP contribution in [0.2, 0.25) is 0 Å². The van der Waals surface area contributed by atoms with Crippen LogP contribution in [0.4, 0.5) is 0 Å². The second kappa shape index (κ2) is 8.66. The number of hydrogen-bond donors (Lipinski definition) is 2. The van der Waals surface area contributed by atoms with E-state index in [9.17, 15) is 9.59 Å². The minimum absolute atomic E-state index is 0.0503. The zero-order valence-electron chi connectivity index (χ0n) is 10.6. The Balaban J connectivity index is 3.72. The molecule has 0 rings (SSSR count). The number of aliphatic hydroxyl groups excluding tert-OH is 2. The molecule has 0 heterocycles. The summed E-state index contributed by atoms with van der Waals surface area (Å²) in [7, 11) is 0. The fourth-order valence-corrected chi connectivity index (χ4v) is 0.916. The summed E-state index contributed by atoms with van der Waals surface area (Å²) in [4.78, 5) is 22.0. The van der Waals surface area contributed by atoms with Crippen molar-refractivity contribution in [2.75, 3.05) is 26.4 Å². The number of rotatable bonds is 9. The Bertz CT molecular complexity index is 282. The minimum atomic E-state index is -0.828. The summed E-state index contributed by atoms with van der Waals surface area (Å²) >= 11 is 0. The lowest BCUT2D eigenvalue weighted by Gasteiger charge is -2.23. The molecule has 18 heavy (non-hydrogen) atoms. The molecule has 6 nitrogen and oxygen atoms in total. The molecule has 0 amide bonds. The summed E-state index contributed by atoms with van der Waals surface area (Å²) in [6, 6.07) is 0. The highest BCUT2D eigenvalue weighted by Gasteiger charge is 2.24. The third-order valence-corrected chi connectivity index (χ3v) is 2.28. The molecule has 0 saturated carbocycles. The molecule has 2 N–H and O–H groups in total. The van der Waals surface area contributed by atoms with Crippen LogP contribution in [0.1, 0.15) is 19.8 Å². The summed E-state index contributed by atoms with van der Waals surface area (Å²) < 4.78 is 9.59. The fourth-order valence-electron chi connectivity index (χ4n) is 0.916. The van der Waals surface area contributed by atoms with Gasteiger partial charge in [-0.1, -0.05) is 13.5 Å². The molecule has 0 spiro atoms. The van der Waals surface area contributed by atoms with Crippen LogP contribution >= 0.6 is 0 Å². The van der Waals surface area contributed by atoms with Crippen molar-refractivity contribution in [2.24, 2.45) is 5.41 Å². The van der Waals surface area contributed by atoms with Gasteiger partial charge in [-0.15, -0.1) is 0 Å². The van der Waals surface area contributed by atoms with E-state index in [1.807, 2.05) is 0 Å². The van der Waals surface area contributed by atoms with Gasteiger partial charge in [0.1, 0.15) is 6.61 Å². The predicted octanol–water partition coefficient (Wildman–Crippen LogP) is 0.0299. The Kier molecular flexibility index (Phi) is 7.98. The van der Waals surface area contributed by atoms with E-state index in [2.05, 4.69) is 11.3 Å². The van der Waals surface area contributed by atoms with Crippen molar-refractivity contribution in [1.82, 2.24) is 0 Å². The van der Waals surface area contributed by atoms with Crippen molar-refractivity contribution in [3.8, 4) is 0 Å². The van der Waals surface area contributed by atoms with E-state index < -0.39 is 17.4 Å². The lowest BCUT2D eigenvalue weighted by molar-refractivity contribution is -0.150. The van der Waals surface area contributed by atoms with Gasteiger partial charge in [-0.05, 0) is 6.42 Å². The maximum absolute atomic E-state index is 11.3. The summed E-state index contributed by atoms with van der Waals surface area (Å²) in [6.45, 7) is 4.37. The van der Waals surface area contributed by atoms with Gasteiger partial charge in [0.05, 0.1) is 19.8 Å². The molecular weight excluding hydrogens is 240 g/mol. The number of carbonyl (C=O) groups excluding carboxylic acids is 2. The normalized spacial score (nSPS) is 10.8. The summed E-state index contributed by atoms with van der Waals surface area (Å²) in [5.74, 6) is -0.991. The Hall–Kier alpha value is -1.40. The van der Waals surface area contributed by atoms with Gasteiger partial charge in [0.25, 0.3) is 0 Å². The van der Waals surface area contributed by atoms with Crippen molar-refractivity contribution in [1.29, 1.82) is 0 Å². The Morgan fingerprint density at radius 1 is 1.28 bits per heavy atom. The second-order valence-corrected chi connectivity index (χ2v) is 4.26. The summed E-state index contributed by atoms with van der Waals surface area (Å²) in [6.07, 6.45) is 1.51. The van der Waals surface area contributed by atoms with Crippen LogP contribution in [0, 0.1) is 5.41 Å².